The molecule has 0 unspecified atom stereocenters. The molecular formula is C26H22N6O2. The van der Waals surface area contributed by atoms with Gasteiger partial charge in [0, 0.05) is 28.4 Å². The molecule has 2 aromatic heterocycles. The molecule has 8 heteroatoms. The molecule has 8 nitrogen and oxygen atoms in total. The highest BCUT2D eigenvalue weighted by Gasteiger charge is 2.10. The highest BCUT2D eigenvalue weighted by Crippen LogP contribution is 2.16. The van der Waals surface area contributed by atoms with E-state index in [1.165, 1.54) is 0 Å². The lowest BCUT2D eigenvalue weighted by Gasteiger charge is -2.12. The Hall–Kier alpha value is -4.72. The van der Waals surface area contributed by atoms with Crippen LogP contribution < -0.4 is 16.3 Å². The third-order valence-electron chi connectivity index (χ3n) is 5.51. The number of nitrogens with zero attached hydrogens (tertiary/aromatic N) is 3. The average Bonchev–Trinajstić information content (AvgIpc) is 3.26. The maximum Gasteiger partial charge on any atom is 0.265 e. The molecule has 5 rings (SSSR count). The van der Waals surface area contributed by atoms with Crippen LogP contribution in [0.1, 0.15) is 11.4 Å². The summed E-state index contributed by atoms with van der Waals surface area (Å²) in [4.78, 5) is 32.9. The van der Waals surface area contributed by atoms with Crippen LogP contribution in [-0.2, 0) is 4.79 Å². The fourth-order valence-corrected chi connectivity index (χ4v) is 3.88. The number of carbonyl (C=O) groups is 1. The van der Waals surface area contributed by atoms with E-state index in [0.29, 0.717) is 28.1 Å². The Morgan fingerprint density at radius 2 is 1.76 bits per heavy atom. The zero-order valence-electron chi connectivity index (χ0n) is 18.4. The summed E-state index contributed by atoms with van der Waals surface area (Å²) < 4.78 is 1.56. The molecule has 2 heterocycles. The van der Waals surface area contributed by atoms with Gasteiger partial charge in [-0.2, -0.15) is 5.10 Å². The van der Waals surface area contributed by atoms with Crippen molar-refractivity contribution in [2.24, 2.45) is 5.10 Å². The number of H-pyrrole nitrogens is 1. The number of rotatable bonds is 6. The summed E-state index contributed by atoms with van der Waals surface area (Å²) >= 11 is 0. The van der Waals surface area contributed by atoms with Gasteiger partial charge in [0.25, 0.3) is 5.56 Å². The summed E-state index contributed by atoms with van der Waals surface area (Å²) in [5.74, 6) is 0.363. The minimum atomic E-state index is -0.232. The first kappa shape index (κ1) is 21.1. The van der Waals surface area contributed by atoms with E-state index in [4.69, 9.17) is 0 Å². The summed E-state index contributed by atoms with van der Waals surface area (Å²) in [6.07, 6.45) is 3.55. The molecule has 0 saturated heterocycles. The van der Waals surface area contributed by atoms with Crippen molar-refractivity contribution in [1.82, 2.24) is 20.0 Å². The van der Waals surface area contributed by atoms with Gasteiger partial charge in [-0.1, -0.05) is 30.3 Å². The Bertz CT molecular complexity index is 1580. The summed E-state index contributed by atoms with van der Waals surface area (Å²) in [6.45, 7) is 1.82. The van der Waals surface area contributed by atoms with Crippen molar-refractivity contribution in [2.45, 2.75) is 6.92 Å². The number of benzene rings is 3. The van der Waals surface area contributed by atoms with Gasteiger partial charge in [0.05, 0.1) is 22.8 Å². The van der Waals surface area contributed by atoms with Gasteiger partial charge in [0.1, 0.15) is 12.4 Å². The van der Waals surface area contributed by atoms with Crippen molar-refractivity contribution in [2.75, 3.05) is 11.9 Å². The van der Waals surface area contributed by atoms with Gasteiger partial charge in [-0.15, -0.1) is 0 Å². The molecule has 0 radical (unpaired) electrons. The second kappa shape index (κ2) is 9.03. The Morgan fingerprint density at radius 3 is 2.59 bits per heavy atom. The molecule has 0 fully saturated rings. The molecule has 0 aliphatic rings. The summed E-state index contributed by atoms with van der Waals surface area (Å²) in [6, 6.07) is 22.3. The zero-order valence-corrected chi connectivity index (χ0v) is 18.4. The van der Waals surface area contributed by atoms with Crippen LogP contribution in [0.25, 0.3) is 27.5 Å². The van der Waals surface area contributed by atoms with Gasteiger partial charge < -0.3 is 15.7 Å². The quantitative estimate of drug-likeness (QED) is 0.271. The first-order valence-corrected chi connectivity index (χ1v) is 10.8. The predicted molar refractivity (Wildman–Crippen MR) is 135 cm³/mol. The van der Waals surface area contributed by atoms with E-state index >= 15 is 0 Å². The monoisotopic (exact) mass is 450 g/mol. The lowest BCUT2D eigenvalue weighted by molar-refractivity contribution is -0.115. The van der Waals surface area contributed by atoms with Crippen LogP contribution in [-0.4, -0.2) is 33.2 Å². The molecule has 1 amide bonds. The molecule has 0 spiro atoms. The van der Waals surface area contributed by atoms with Crippen molar-refractivity contribution in [3.63, 3.8) is 0 Å². The van der Waals surface area contributed by atoms with Crippen molar-refractivity contribution in [3.05, 3.63) is 101 Å². The molecule has 5 aromatic rings. The number of hydrogen-bond donors (Lipinski definition) is 3. The summed E-state index contributed by atoms with van der Waals surface area (Å²) in [7, 11) is 0. The van der Waals surface area contributed by atoms with Gasteiger partial charge in [-0.25, -0.2) is 4.98 Å². The molecule has 0 atom stereocenters. The molecule has 3 N–H and O–H groups in total. The maximum absolute atomic E-state index is 12.9. The van der Waals surface area contributed by atoms with Gasteiger partial charge >= 0.3 is 0 Å². The Kier molecular flexibility index (Phi) is 5.61. The summed E-state index contributed by atoms with van der Waals surface area (Å²) in [5, 5.41) is 8.58. The van der Waals surface area contributed by atoms with Crippen molar-refractivity contribution in [1.29, 1.82) is 0 Å². The van der Waals surface area contributed by atoms with Crippen molar-refractivity contribution >= 4 is 39.6 Å². The van der Waals surface area contributed by atoms with Crippen LogP contribution in [0.2, 0.25) is 0 Å². The number of fused-ring (bicyclic) bond motifs is 2. The van der Waals surface area contributed by atoms with E-state index in [9.17, 15) is 9.59 Å². The molecule has 3 aromatic carbocycles. The number of aryl methyl sites for hydroxylation is 1. The third-order valence-corrected chi connectivity index (χ3v) is 5.51. The van der Waals surface area contributed by atoms with Crippen LogP contribution in [0.4, 0.5) is 5.69 Å². The zero-order chi connectivity index (χ0) is 23.5. The standard InChI is InChI=1S/C26H22N6O2/c1-17-30-24-9-5-3-7-22(24)26(34)32(17)20-12-10-19(11-13-20)31-25(33)16-29-28-15-18-14-27-23-8-4-2-6-21(18)23/h2-15,27,29H,16H2,1H3,(H,31,33)/b28-15-. The lowest BCUT2D eigenvalue weighted by atomic mass is 10.2. The molecule has 168 valence electrons. The fourth-order valence-electron chi connectivity index (χ4n) is 3.88. The van der Waals surface area contributed by atoms with Crippen molar-refractivity contribution < 1.29 is 4.79 Å². The topological polar surface area (TPSA) is 104 Å². The smallest absolute Gasteiger partial charge is 0.265 e. The number of nitrogens with one attached hydrogen (secondary N) is 3. The number of carbonyl (C=O) groups excluding carboxylic acids is 1. The van der Waals surface area contributed by atoms with Gasteiger partial charge in [-0.05, 0) is 49.4 Å². The number of amides is 1. The first-order valence-electron chi connectivity index (χ1n) is 10.8. The average molecular weight is 451 g/mol. The van der Waals surface area contributed by atoms with E-state index in [-0.39, 0.29) is 18.0 Å². The van der Waals surface area contributed by atoms with E-state index in [1.54, 1.807) is 48.0 Å². The number of anilines is 1. The molecule has 0 bridgehead atoms. The minimum absolute atomic E-state index is 0.0216. The third kappa shape index (κ3) is 4.16. The van der Waals surface area contributed by atoms with Gasteiger partial charge in [0.15, 0.2) is 0 Å². The number of para-hydroxylation sites is 2. The maximum atomic E-state index is 12.9. The van der Waals surface area contributed by atoms with Gasteiger partial charge in [0.2, 0.25) is 5.91 Å². The largest absolute Gasteiger partial charge is 0.361 e. The Morgan fingerprint density at radius 1 is 1.03 bits per heavy atom. The number of aromatic nitrogens is 3. The van der Waals surface area contributed by atoms with Gasteiger partial charge in [-0.3, -0.25) is 14.2 Å². The number of hydrazone groups is 1. The van der Waals surface area contributed by atoms with Crippen LogP contribution in [0, 0.1) is 6.92 Å². The second-order valence-corrected chi connectivity index (χ2v) is 7.79. The van der Waals surface area contributed by atoms with Crippen LogP contribution in [0.3, 0.4) is 0 Å². The Balaban J connectivity index is 1.23. The molecular weight excluding hydrogens is 428 g/mol. The predicted octanol–water partition coefficient (Wildman–Crippen LogP) is 3.74. The molecule has 0 saturated carbocycles. The highest BCUT2D eigenvalue weighted by atomic mass is 16.2. The number of hydrogen-bond acceptors (Lipinski definition) is 5. The van der Waals surface area contributed by atoms with E-state index < -0.39 is 0 Å². The SMILES string of the molecule is Cc1nc2ccccc2c(=O)n1-c1ccc(NC(=O)CN/N=C\c2c[nH]c3ccccc23)cc1. The number of aromatic amines is 1. The summed E-state index contributed by atoms with van der Waals surface area (Å²) in [5.41, 5.74) is 6.58. The first-order chi connectivity index (χ1) is 16.6. The van der Waals surface area contributed by atoms with E-state index in [2.05, 4.69) is 25.8 Å². The Labute approximate surface area is 195 Å². The fraction of sp³-hybridized carbons (Fsp3) is 0.0769. The van der Waals surface area contributed by atoms with Crippen LogP contribution in [0.5, 0.6) is 0 Å². The van der Waals surface area contributed by atoms with E-state index in [0.717, 1.165) is 16.5 Å². The highest BCUT2D eigenvalue weighted by molar-refractivity contribution is 5.99. The molecule has 0 aliphatic carbocycles. The van der Waals surface area contributed by atoms with Crippen LogP contribution >= 0.6 is 0 Å². The molecule has 34 heavy (non-hydrogen) atoms. The molecule has 0 aliphatic heterocycles. The normalized spacial score (nSPS) is 11.3. The van der Waals surface area contributed by atoms with Crippen molar-refractivity contribution in [3.8, 4) is 5.69 Å². The minimum Gasteiger partial charge on any atom is -0.361 e. The van der Waals surface area contributed by atoms with E-state index in [1.807, 2.05) is 48.7 Å². The van der Waals surface area contributed by atoms with Crippen LogP contribution in [0.15, 0.2) is 88.9 Å². The second-order valence-electron chi connectivity index (χ2n) is 7.79. The lowest BCUT2D eigenvalue weighted by Crippen LogP contribution is -2.25.